The molecule has 1 aromatic carbocycles. The minimum atomic E-state index is 0.694. The molecule has 0 radical (unpaired) electrons. The smallest absolute Gasteiger partial charge is 0.0492 e. The zero-order valence-corrected chi connectivity index (χ0v) is 11.0. The first-order chi connectivity index (χ1) is 8.31. The first kappa shape index (κ1) is 12.4. The summed E-state index contributed by atoms with van der Waals surface area (Å²) in [6.07, 6.45) is 5.12. The Morgan fingerprint density at radius 1 is 1.18 bits per heavy atom. The predicted molar refractivity (Wildman–Crippen MR) is 77.5 cm³/mol. The molecule has 17 heavy (non-hydrogen) atoms. The van der Waals surface area contributed by atoms with Gasteiger partial charge in [-0.1, -0.05) is 35.9 Å². The first-order valence-electron chi connectivity index (χ1n) is 5.52. The van der Waals surface area contributed by atoms with Gasteiger partial charge in [0.05, 0.1) is 0 Å². The Bertz CT molecular complexity index is 516. The van der Waals surface area contributed by atoms with Gasteiger partial charge in [-0.3, -0.25) is 0 Å². The summed E-state index contributed by atoms with van der Waals surface area (Å²) >= 11 is 7.91. The van der Waals surface area contributed by atoms with Crippen LogP contribution in [0.1, 0.15) is 11.3 Å². The molecule has 1 nitrogen and oxygen atoms in total. The topological polar surface area (TPSA) is 26.0 Å². The highest BCUT2D eigenvalue weighted by atomic mass is 35.5. The third kappa shape index (κ3) is 3.19. The van der Waals surface area contributed by atoms with Crippen LogP contribution in [0.5, 0.6) is 0 Å². The number of halogens is 1. The highest BCUT2D eigenvalue weighted by Gasteiger charge is 2.04. The van der Waals surface area contributed by atoms with Crippen LogP contribution < -0.4 is 5.73 Å². The van der Waals surface area contributed by atoms with E-state index in [0.717, 1.165) is 17.0 Å². The first-order valence-corrected chi connectivity index (χ1v) is 6.72. The van der Waals surface area contributed by atoms with E-state index in [-0.39, 0.29) is 0 Å². The van der Waals surface area contributed by atoms with Crippen LogP contribution in [0.25, 0.3) is 16.5 Å². The molecule has 2 aromatic rings. The van der Waals surface area contributed by atoms with Crippen molar-refractivity contribution in [2.75, 3.05) is 6.54 Å². The molecule has 1 heterocycles. The van der Waals surface area contributed by atoms with E-state index < -0.39 is 0 Å². The molecule has 0 atom stereocenters. The lowest BCUT2D eigenvalue weighted by atomic mass is 10.2. The highest BCUT2D eigenvalue weighted by Crippen LogP contribution is 2.33. The third-order valence-corrected chi connectivity index (χ3v) is 3.79. The van der Waals surface area contributed by atoms with Gasteiger partial charge in [0.15, 0.2) is 0 Å². The predicted octanol–water partition coefficient (Wildman–Crippen LogP) is 4.43. The van der Waals surface area contributed by atoms with Crippen LogP contribution in [0.15, 0.2) is 42.5 Å². The summed E-state index contributed by atoms with van der Waals surface area (Å²) in [6, 6.07) is 12.1. The van der Waals surface area contributed by atoms with Gasteiger partial charge in [0.1, 0.15) is 0 Å². The summed E-state index contributed by atoms with van der Waals surface area (Å²) in [7, 11) is 0. The largest absolute Gasteiger partial charge is 0.330 e. The van der Waals surface area contributed by atoms with Gasteiger partial charge in [0.2, 0.25) is 0 Å². The minimum absolute atomic E-state index is 0.694. The van der Waals surface area contributed by atoms with Crippen molar-refractivity contribution in [1.29, 1.82) is 0 Å². The number of hydrogen-bond donors (Lipinski definition) is 1. The Kier molecular flexibility index (Phi) is 4.37. The van der Waals surface area contributed by atoms with E-state index in [9.17, 15) is 0 Å². The van der Waals surface area contributed by atoms with Crippen molar-refractivity contribution in [3.63, 3.8) is 0 Å². The van der Waals surface area contributed by atoms with Crippen LogP contribution in [0.2, 0.25) is 5.02 Å². The average Bonchev–Trinajstić information content (AvgIpc) is 2.79. The molecule has 0 aliphatic heterocycles. The van der Waals surface area contributed by atoms with E-state index in [0.29, 0.717) is 6.54 Å². The molecule has 0 amide bonds. The van der Waals surface area contributed by atoms with Crippen LogP contribution in [0.4, 0.5) is 0 Å². The van der Waals surface area contributed by atoms with Gasteiger partial charge in [-0.15, -0.1) is 11.3 Å². The number of thiophene rings is 1. The standard InChI is InChI=1S/C14H14ClNS/c15-13-7-2-1-6-12(13)14-9-8-11(17-14)5-3-4-10-16/h1-3,5-9H,4,10,16H2. The molecule has 2 N–H and O–H groups in total. The fraction of sp³-hybridized carbons (Fsp3) is 0.143. The number of hydrogen-bond acceptors (Lipinski definition) is 2. The average molecular weight is 264 g/mol. The lowest BCUT2D eigenvalue weighted by Gasteiger charge is -1.99. The van der Waals surface area contributed by atoms with Gasteiger partial charge in [-0.05, 0) is 37.2 Å². The minimum Gasteiger partial charge on any atom is -0.330 e. The molecule has 3 heteroatoms. The molecule has 0 aliphatic carbocycles. The molecule has 0 bridgehead atoms. The Morgan fingerprint density at radius 2 is 2.00 bits per heavy atom. The fourth-order valence-electron chi connectivity index (χ4n) is 1.54. The van der Waals surface area contributed by atoms with Crippen molar-refractivity contribution in [3.05, 3.63) is 52.4 Å². The number of benzene rings is 1. The van der Waals surface area contributed by atoms with Crippen molar-refractivity contribution in [3.8, 4) is 10.4 Å². The van der Waals surface area contributed by atoms with Crippen molar-refractivity contribution < 1.29 is 0 Å². The van der Waals surface area contributed by atoms with E-state index in [4.69, 9.17) is 17.3 Å². The van der Waals surface area contributed by atoms with Crippen LogP contribution in [0.3, 0.4) is 0 Å². The van der Waals surface area contributed by atoms with Gasteiger partial charge >= 0.3 is 0 Å². The van der Waals surface area contributed by atoms with E-state index in [1.807, 2.05) is 24.3 Å². The maximum atomic E-state index is 6.17. The molecule has 2 rings (SSSR count). The molecule has 0 saturated carbocycles. The van der Waals surface area contributed by atoms with E-state index >= 15 is 0 Å². The SMILES string of the molecule is NCCC=Cc1ccc(-c2ccccc2Cl)s1. The second-order valence-corrected chi connectivity index (χ2v) is 5.18. The second kappa shape index (κ2) is 6.01. The van der Waals surface area contributed by atoms with Gasteiger partial charge in [0.25, 0.3) is 0 Å². The molecule has 0 unspecified atom stereocenters. The van der Waals surface area contributed by atoms with Crippen molar-refractivity contribution >= 4 is 29.0 Å². The van der Waals surface area contributed by atoms with Gasteiger partial charge < -0.3 is 5.73 Å². The normalized spacial score (nSPS) is 11.2. The van der Waals surface area contributed by atoms with Gasteiger partial charge in [-0.25, -0.2) is 0 Å². The molecule has 88 valence electrons. The summed E-state index contributed by atoms with van der Waals surface area (Å²) in [5.41, 5.74) is 6.54. The Hall–Kier alpha value is -1.09. The maximum Gasteiger partial charge on any atom is 0.0492 e. The molecular weight excluding hydrogens is 250 g/mol. The number of nitrogens with two attached hydrogens (primary N) is 1. The van der Waals surface area contributed by atoms with Crippen molar-refractivity contribution in [1.82, 2.24) is 0 Å². The Balaban J connectivity index is 2.21. The molecule has 0 fully saturated rings. The quantitative estimate of drug-likeness (QED) is 0.868. The van der Waals surface area contributed by atoms with Crippen LogP contribution in [0, 0.1) is 0 Å². The second-order valence-electron chi connectivity index (χ2n) is 3.66. The van der Waals surface area contributed by atoms with Crippen molar-refractivity contribution in [2.45, 2.75) is 6.42 Å². The van der Waals surface area contributed by atoms with Gasteiger partial charge in [0, 0.05) is 20.3 Å². The zero-order chi connectivity index (χ0) is 12.1. The van der Waals surface area contributed by atoms with Crippen LogP contribution >= 0.6 is 22.9 Å². The van der Waals surface area contributed by atoms with Crippen LogP contribution in [-0.2, 0) is 0 Å². The maximum absolute atomic E-state index is 6.17. The molecule has 0 spiro atoms. The summed E-state index contributed by atoms with van der Waals surface area (Å²) in [6.45, 7) is 0.694. The lowest BCUT2D eigenvalue weighted by Crippen LogP contribution is -1.94. The fourth-order valence-corrected chi connectivity index (χ4v) is 2.82. The summed E-state index contributed by atoms with van der Waals surface area (Å²) in [5.74, 6) is 0. The Morgan fingerprint density at radius 3 is 2.76 bits per heavy atom. The van der Waals surface area contributed by atoms with Gasteiger partial charge in [-0.2, -0.15) is 0 Å². The lowest BCUT2D eigenvalue weighted by molar-refractivity contribution is 1.01. The zero-order valence-electron chi connectivity index (χ0n) is 9.40. The van der Waals surface area contributed by atoms with E-state index in [2.05, 4.69) is 24.3 Å². The molecular formula is C14H14ClNS. The molecule has 1 aromatic heterocycles. The summed E-state index contributed by atoms with van der Waals surface area (Å²) in [4.78, 5) is 2.43. The number of rotatable bonds is 4. The Labute approximate surface area is 111 Å². The highest BCUT2D eigenvalue weighted by molar-refractivity contribution is 7.16. The van der Waals surface area contributed by atoms with E-state index in [1.54, 1.807) is 11.3 Å². The van der Waals surface area contributed by atoms with Crippen LogP contribution in [-0.4, -0.2) is 6.54 Å². The molecule has 0 aliphatic rings. The third-order valence-electron chi connectivity index (χ3n) is 2.38. The summed E-state index contributed by atoms with van der Waals surface area (Å²) in [5, 5.41) is 0.798. The summed E-state index contributed by atoms with van der Waals surface area (Å²) < 4.78 is 0. The van der Waals surface area contributed by atoms with Crippen molar-refractivity contribution in [2.24, 2.45) is 5.73 Å². The monoisotopic (exact) mass is 263 g/mol. The molecule has 0 saturated heterocycles. The van der Waals surface area contributed by atoms with E-state index in [1.165, 1.54) is 9.75 Å².